The van der Waals surface area contributed by atoms with E-state index < -0.39 is 11.6 Å². The van der Waals surface area contributed by atoms with Crippen molar-refractivity contribution in [2.75, 3.05) is 0 Å². The van der Waals surface area contributed by atoms with Crippen molar-refractivity contribution >= 4 is 11.9 Å². The summed E-state index contributed by atoms with van der Waals surface area (Å²) in [5, 5.41) is 2.94. The Morgan fingerprint density at radius 3 is 2.52 bits per heavy atom. The fourth-order valence-electron chi connectivity index (χ4n) is 2.83. The van der Waals surface area contributed by atoms with Crippen LogP contribution in [0, 0.1) is 0 Å². The first-order valence-electron chi connectivity index (χ1n) is 7.67. The van der Waals surface area contributed by atoms with Crippen LogP contribution in [-0.2, 0) is 16.0 Å². The van der Waals surface area contributed by atoms with Gasteiger partial charge in [-0.25, -0.2) is 4.79 Å². The van der Waals surface area contributed by atoms with Gasteiger partial charge in [0, 0.05) is 6.42 Å². The molecule has 0 saturated carbocycles. The van der Waals surface area contributed by atoms with Gasteiger partial charge in [0.25, 0.3) is 5.91 Å². The van der Waals surface area contributed by atoms with E-state index in [1.54, 1.807) is 19.1 Å². The largest absolute Gasteiger partial charge is 0.445 e. The van der Waals surface area contributed by atoms with Crippen molar-refractivity contribution in [3.63, 3.8) is 0 Å². The van der Waals surface area contributed by atoms with Crippen LogP contribution in [0.3, 0.4) is 0 Å². The standard InChI is InChI=1S/C19H19NO3/c1-13(14-8-4-3-5-9-14)20-18(22)19(2)12-15-10-6-7-11-16(15)17(21)23-19/h3-11,13H,12H2,1-2H3,(H,20,22). The molecule has 0 spiro atoms. The third-order valence-electron chi connectivity index (χ3n) is 4.21. The predicted molar refractivity (Wildman–Crippen MR) is 87.0 cm³/mol. The average Bonchev–Trinajstić information content (AvgIpc) is 2.55. The maximum atomic E-state index is 12.7. The molecular weight excluding hydrogens is 290 g/mol. The summed E-state index contributed by atoms with van der Waals surface area (Å²) in [4.78, 5) is 24.8. The highest BCUT2D eigenvalue weighted by molar-refractivity contribution is 5.97. The van der Waals surface area contributed by atoms with Gasteiger partial charge in [-0.05, 0) is 31.0 Å². The van der Waals surface area contributed by atoms with Crippen molar-refractivity contribution in [1.82, 2.24) is 5.32 Å². The average molecular weight is 309 g/mol. The molecule has 1 aliphatic heterocycles. The van der Waals surface area contributed by atoms with E-state index in [-0.39, 0.29) is 11.9 Å². The molecule has 2 aromatic rings. The summed E-state index contributed by atoms with van der Waals surface area (Å²) < 4.78 is 5.45. The summed E-state index contributed by atoms with van der Waals surface area (Å²) in [5.41, 5.74) is 1.20. The minimum absolute atomic E-state index is 0.156. The summed E-state index contributed by atoms with van der Waals surface area (Å²) in [6, 6.07) is 16.8. The molecular formula is C19H19NO3. The molecule has 1 heterocycles. The molecule has 0 bridgehead atoms. The van der Waals surface area contributed by atoms with E-state index in [0.29, 0.717) is 12.0 Å². The molecule has 4 nitrogen and oxygen atoms in total. The van der Waals surface area contributed by atoms with Gasteiger partial charge < -0.3 is 10.1 Å². The van der Waals surface area contributed by atoms with Crippen LogP contribution in [0.5, 0.6) is 0 Å². The van der Waals surface area contributed by atoms with Gasteiger partial charge in [-0.1, -0.05) is 48.5 Å². The Bertz CT molecular complexity index is 741. The van der Waals surface area contributed by atoms with Crippen molar-refractivity contribution in [2.24, 2.45) is 0 Å². The Morgan fingerprint density at radius 1 is 1.13 bits per heavy atom. The van der Waals surface area contributed by atoms with Gasteiger partial charge in [0.2, 0.25) is 0 Å². The van der Waals surface area contributed by atoms with Gasteiger partial charge in [-0.2, -0.15) is 0 Å². The van der Waals surface area contributed by atoms with E-state index in [1.807, 2.05) is 49.4 Å². The lowest BCUT2D eigenvalue weighted by Gasteiger charge is -2.34. The number of carbonyl (C=O) groups excluding carboxylic acids is 2. The lowest BCUT2D eigenvalue weighted by atomic mass is 9.89. The third kappa shape index (κ3) is 2.97. The van der Waals surface area contributed by atoms with Crippen molar-refractivity contribution in [3.8, 4) is 0 Å². The topological polar surface area (TPSA) is 55.4 Å². The lowest BCUT2D eigenvalue weighted by Crippen LogP contribution is -2.52. The van der Waals surface area contributed by atoms with Crippen LogP contribution in [0.15, 0.2) is 54.6 Å². The van der Waals surface area contributed by atoms with Crippen LogP contribution in [0.4, 0.5) is 0 Å². The van der Waals surface area contributed by atoms with E-state index in [2.05, 4.69) is 5.32 Å². The minimum Gasteiger partial charge on any atom is -0.445 e. The van der Waals surface area contributed by atoms with Crippen LogP contribution < -0.4 is 5.32 Å². The van der Waals surface area contributed by atoms with E-state index in [4.69, 9.17) is 4.74 Å². The number of ether oxygens (including phenoxy) is 1. The highest BCUT2D eigenvalue weighted by Gasteiger charge is 2.42. The number of hydrogen-bond acceptors (Lipinski definition) is 3. The van der Waals surface area contributed by atoms with Gasteiger partial charge >= 0.3 is 5.97 Å². The van der Waals surface area contributed by atoms with Gasteiger partial charge in [0.1, 0.15) is 0 Å². The van der Waals surface area contributed by atoms with Gasteiger partial charge in [0.15, 0.2) is 5.60 Å². The normalized spacial score (nSPS) is 21.0. The number of rotatable bonds is 3. The van der Waals surface area contributed by atoms with Crippen molar-refractivity contribution < 1.29 is 14.3 Å². The molecule has 2 atom stereocenters. The molecule has 0 radical (unpaired) electrons. The van der Waals surface area contributed by atoms with E-state index in [0.717, 1.165) is 11.1 Å². The molecule has 1 amide bonds. The molecule has 3 rings (SSSR count). The molecule has 0 saturated heterocycles. The Labute approximate surface area is 135 Å². The summed E-state index contributed by atoms with van der Waals surface area (Å²) in [5.74, 6) is -0.728. The first-order valence-corrected chi connectivity index (χ1v) is 7.67. The van der Waals surface area contributed by atoms with Gasteiger partial charge in [0.05, 0.1) is 11.6 Å². The van der Waals surface area contributed by atoms with Crippen LogP contribution in [-0.4, -0.2) is 17.5 Å². The highest BCUT2D eigenvalue weighted by Crippen LogP contribution is 2.29. The van der Waals surface area contributed by atoms with Crippen molar-refractivity contribution in [3.05, 3.63) is 71.3 Å². The number of benzene rings is 2. The van der Waals surface area contributed by atoms with Crippen LogP contribution in [0.25, 0.3) is 0 Å². The number of amides is 1. The number of carbonyl (C=O) groups is 2. The molecule has 1 aliphatic rings. The Hall–Kier alpha value is -2.62. The van der Waals surface area contributed by atoms with Gasteiger partial charge in [-0.15, -0.1) is 0 Å². The molecule has 2 aromatic carbocycles. The minimum atomic E-state index is -1.19. The number of hydrogen-bond donors (Lipinski definition) is 1. The van der Waals surface area contributed by atoms with E-state index in [1.165, 1.54) is 0 Å². The Morgan fingerprint density at radius 2 is 1.78 bits per heavy atom. The van der Waals surface area contributed by atoms with Crippen LogP contribution >= 0.6 is 0 Å². The molecule has 4 heteroatoms. The maximum absolute atomic E-state index is 12.7. The second-order valence-corrected chi connectivity index (χ2v) is 6.06. The number of esters is 1. The zero-order valence-electron chi connectivity index (χ0n) is 13.2. The second-order valence-electron chi connectivity index (χ2n) is 6.06. The van der Waals surface area contributed by atoms with Crippen LogP contribution in [0.2, 0.25) is 0 Å². The summed E-state index contributed by atoms with van der Waals surface area (Å²) in [6.07, 6.45) is 0.377. The summed E-state index contributed by atoms with van der Waals surface area (Å²) in [7, 11) is 0. The first kappa shape index (κ1) is 15.3. The molecule has 2 unspecified atom stereocenters. The van der Waals surface area contributed by atoms with Crippen LogP contribution in [0.1, 0.15) is 41.4 Å². The summed E-state index contributed by atoms with van der Waals surface area (Å²) in [6.45, 7) is 3.57. The maximum Gasteiger partial charge on any atom is 0.339 e. The monoisotopic (exact) mass is 309 g/mol. The lowest BCUT2D eigenvalue weighted by molar-refractivity contribution is -0.140. The number of fused-ring (bicyclic) bond motifs is 1. The Kier molecular flexibility index (Phi) is 3.90. The number of nitrogens with one attached hydrogen (secondary N) is 1. The molecule has 0 fully saturated rings. The third-order valence-corrected chi connectivity index (χ3v) is 4.21. The zero-order valence-corrected chi connectivity index (χ0v) is 13.2. The van der Waals surface area contributed by atoms with E-state index in [9.17, 15) is 9.59 Å². The Balaban J connectivity index is 1.79. The molecule has 118 valence electrons. The molecule has 23 heavy (non-hydrogen) atoms. The fraction of sp³-hybridized carbons (Fsp3) is 0.263. The van der Waals surface area contributed by atoms with E-state index >= 15 is 0 Å². The van der Waals surface area contributed by atoms with Gasteiger partial charge in [-0.3, -0.25) is 4.79 Å². The number of cyclic esters (lactones) is 1. The molecule has 0 aromatic heterocycles. The first-order chi connectivity index (χ1) is 11.0. The fourth-order valence-corrected chi connectivity index (χ4v) is 2.83. The highest BCUT2D eigenvalue weighted by atomic mass is 16.6. The predicted octanol–water partition coefficient (Wildman–Crippen LogP) is 3.04. The van der Waals surface area contributed by atoms with Crippen molar-refractivity contribution in [2.45, 2.75) is 31.9 Å². The second kappa shape index (κ2) is 5.88. The molecule has 1 N–H and O–H groups in total. The summed E-state index contributed by atoms with van der Waals surface area (Å²) >= 11 is 0. The SMILES string of the molecule is CC(NC(=O)C1(C)Cc2ccccc2C(=O)O1)c1ccccc1. The van der Waals surface area contributed by atoms with Crippen molar-refractivity contribution in [1.29, 1.82) is 0 Å². The molecule has 0 aliphatic carbocycles. The smallest absolute Gasteiger partial charge is 0.339 e. The zero-order chi connectivity index (χ0) is 16.4. The quantitative estimate of drug-likeness (QED) is 0.887.